The number of hydrogen-bond donors (Lipinski definition) is 2. The summed E-state index contributed by atoms with van der Waals surface area (Å²) in [5, 5.41) is 3.19. The summed E-state index contributed by atoms with van der Waals surface area (Å²) in [6.45, 7) is 4.09. The molecule has 0 bridgehead atoms. The van der Waals surface area contributed by atoms with Gasteiger partial charge in [-0.05, 0) is 38.8 Å². The minimum Gasteiger partial charge on any atom is -0.316 e. The van der Waals surface area contributed by atoms with E-state index in [1.54, 1.807) is 0 Å². The SMILES string of the molecule is CC(CCC1CNC1)NS(C)(=O)=O. The van der Waals surface area contributed by atoms with Crippen LogP contribution in [0.2, 0.25) is 0 Å². The van der Waals surface area contributed by atoms with Crippen LogP contribution in [0.3, 0.4) is 0 Å². The van der Waals surface area contributed by atoms with Gasteiger partial charge in [0.2, 0.25) is 10.0 Å². The van der Waals surface area contributed by atoms with Crippen molar-refractivity contribution in [2.75, 3.05) is 19.3 Å². The number of nitrogens with one attached hydrogen (secondary N) is 2. The van der Waals surface area contributed by atoms with Crippen LogP contribution in [0.4, 0.5) is 0 Å². The van der Waals surface area contributed by atoms with E-state index in [1.807, 2.05) is 6.92 Å². The van der Waals surface area contributed by atoms with Gasteiger partial charge in [0.15, 0.2) is 0 Å². The standard InChI is InChI=1S/C8H18N2O2S/c1-7(10-13(2,11)12)3-4-8-5-9-6-8/h7-10H,3-6H2,1-2H3. The Hall–Kier alpha value is -0.130. The van der Waals surface area contributed by atoms with Crippen molar-refractivity contribution in [3.63, 3.8) is 0 Å². The lowest BCUT2D eigenvalue weighted by Gasteiger charge is -2.28. The van der Waals surface area contributed by atoms with Gasteiger partial charge in [0, 0.05) is 6.04 Å². The van der Waals surface area contributed by atoms with Gasteiger partial charge in [0.05, 0.1) is 6.26 Å². The molecule has 0 saturated carbocycles. The number of sulfonamides is 1. The van der Waals surface area contributed by atoms with Crippen molar-refractivity contribution in [2.45, 2.75) is 25.8 Å². The van der Waals surface area contributed by atoms with Crippen LogP contribution in [-0.2, 0) is 10.0 Å². The van der Waals surface area contributed by atoms with Gasteiger partial charge in [-0.1, -0.05) is 0 Å². The summed E-state index contributed by atoms with van der Waals surface area (Å²) >= 11 is 0. The Bertz CT molecular complexity index is 247. The Morgan fingerprint density at radius 3 is 2.54 bits per heavy atom. The van der Waals surface area contributed by atoms with E-state index in [1.165, 1.54) is 6.26 Å². The third kappa shape index (κ3) is 4.59. The van der Waals surface area contributed by atoms with E-state index in [-0.39, 0.29) is 6.04 Å². The van der Waals surface area contributed by atoms with Crippen molar-refractivity contribution in [3.8, 4) is 0 Å². The predicted molar refractivity (Wildman–Crippen MR) is 53.0 cm³/mol. The van der Waals surface area contributed by atoms with Gasteiger partial charge in [0.1, 0.15) is 0 Å². The van der Waals surface area contributed by atoms with Crippen molar-refractivity contribution < 1.29 is 8.42 Å². The van der Waals surface area contributed by atoms with Crippen LogP contribution in [0.1, 0.15) is 19.8 Å². The fraction of sp³-hybridized carbons (Fsp3) is 1.00. The van der Waals surface area contributed by atoms with Crippen LogP contribution >= 0.6 is 0 Å². The summed E-state index contributed by atoms with van der Waals surface area (Å²) in [6.07, 6.45) is 3.24. The molecule has 0 aromatic carbocycles. The molecule has 0 aliphatic carbocycles. The zero-order valence-electron chi connectivity index (χ0n) is 8.21. The lowest BCUT2D eigenvalue weighted by molar-refractivity contribution is 0.311. The van der Waals surface area contributed by atoms with E-state index in [4.69, 9.17) is 0 Å². The van der Waals surface area contributed by atoms with Crippen LogP contribution in [0.5, 0.6) is 0 Å². The largest absolute Gasteiger partial charge is 0.316 e. The molecular formula is C8H18N2O2S. The average Bonchev–Trinajstić information content (AvgIpc) is 1.78. The molecule has 1 saturated heterocycles. The molecule has 1 rings (SSSR count). The maximum Gasteiger partial charge on any atom is 0.208 e. The van der Waals surface area contributed by atoms with Crippen molar-refractivity contribution in [1.29, 1.82) is 0 Å². The molecule has 0 aromatic rings. The summed E-state index contributed by atoms with van der Waals surface area (Å²) in [7, 11) is -3.03. The van der Waals surface area contributed by atoms with Gasteiger partial charge in [-0.3, -0.25) is 0 Å². The third-order valence-electron chi connectivity index (χ3n) is 2.29. The molecule has 1 atom stereocenters. The number of rotatable bonds is 5. The molecule has 78 valence electrons. The van der Waals surface area contributed by atoms with Crippen molar-refractivity contribution in [2.24, 2.45) is 5.92 Å². The Morgan fingerprint density at radius 1 is 1.54 bits per heavy atom. The maximum atomic E-state index is 10.8. The minimum absolute atomic E-state index is 0.0654. The second-order valence-electron chi connectivity index (χ2n) is 3.89. The predicted octanol–water partition coefficient (Wildman–Crippen LogP) is -0.0763. The Balaban J connectivity index is 2.13. The van der Waals surface area contributed by atoms with Crippen LogP contribution in [-0.4, -0.2) is 33.8 Å². The first-order valence-electron chi connectivity index (χ1n) is 4.65. The van der Waals surface area contributed by atoms with E-state index < -0.39 is 10.0 Å². The average molecular weight is 206 g/mol. The van der Waals surface area contributed by atoms with Crippen molar-refractivity contribution >= 4 is 10.0 Å². The molecule has 1 unspecified atom stereocenters. The molecule has 5 heteroatoms. The second-order valence-corrected chi connectivity index (χ2v) is 5.67. The molecule has 1 heterocycles. The van der Waals surface area contributed by atoms with Gasteiger partial charge < -0.3 is 5.32 Å². The first-order chi connectivity index (χ1) is 5.97. The third-order valence-corrected chi connectivity index (χ3v) is 3.12. The molecule has 0 radical (unpaired) electrons. The Morgan fingerprint density at radius 2 is 2.15 bits per heavy atom. The van der Waals surface area contributed by atoms with Crippen LogP contribution in [0, 0.1) is 5.92 Å². The highest BCUT2D eigenvalue weighted by atomic mass is 32.2. The highest BCUT2D eigenvalue weighted by Gasteiger charge is 2.18. The lowest BCUT2D eigenvalue weighted by Crippen LogP contribution is -2.42. The van der Waals surface area contributed by atoms with Crippen LogP contribution < -0.4 is 10.0 Å². The van der Waals surface area contributed by atoms with Crippen LogP contribution in [0.25, 0.3) is 0 Å². The van der Waals surface area contributed by atoms with Crippen LogP contribution in [0.15, 0.2) is 0 Å². The first kappa shape index (κ1) is 10.9. The smallest absolute Gasteiger partial charge is 0.208 e. The second kappa shape index (κ2) is 4.39. The molecule has 13 heavy (non-hydrogen) atoms. The number of hydrogen-bond acceptors (Lipinski definition) is 3. The van der Waals surface area contributed by atoms with Gasteiger partial charge in [-0.25, -0.2) is 13.1 Å². The molecular weight excluding hydrogens is 188 g/mol. The van der Waals surface area contributed by atoms with E-state index in [9.17, 15) is 8.42 Å². The molecule has 1 fully saturated rings. The van der Waals surface area contributed by atoms with E-state index in [2.05, 4.69) is 10.0 Å². The molecule has 0 spiro atoms. The Kier molecular flexibility index (Phi) is 3.70. The fourth-order valence-corrected chi connectivity index (χ4v) is 2.31. The molecule has 1 aliphatic heterocycles. The van der Waals surface area contributed by atoms with Gasteiger partial charge >= 0.3 is 0 Å². The summed E-state index contributed by atoms with van der Waals surface area (Å²) in [5.41, 5.74) is 0. The van der Waals surface area contributed by atoms with E-state index in [0.717, 1.165) is 31.8 Å². The molecule has 0 amide bonds. The lowest BCUT2D eigenvalue weighted by atomic mass is 9.96. The molecule has 4 nitrogen and oxygen atoms in total. The molecule has 1 aliphatic rings. The highest BCUT2D eigenvalue weighted by molar-refractivity contribution is 7.88. The van der Waals surface area contributed by atoms with Crippen molar-refractivity contribution in [1.82, 2.24) is 10.0 Å². The zero-order chi connectivity index (χ0) is 9.90. The van der Waals surface area contributed by atoms with Crippen molar-refractivity contribution in [3.05, 3.63) is 0 Å². The topological polar surface area (TPSA) is 58.2 Å². The van der Waals surface area contributed by atoms with E-state index in [0.29, 0.717) is 0 Å². The summed E-state index contributed by atoms with van der Waals surface area (Å²) in [6, 6.07) is 0.0654. The summed E-state index contributed by atoms with van der Waals surface area (Å²) in [4.78, 5) is 0. The minimum atomic E-state index is -3.03. The highest BCUT2D eigenvalue weighted by Crippen LogP contribution is 2.12. The molecule has 2 N–H and O–H groups in total. The van der Waals surface area contributed by atoms with Gasteiger partial charge in [-0.2, -0.15) is 0 Å². The van der Waals surface area contributed by atoms with Gasteiger partial charge in [0.25, 0.3) is 0 Å². The quantitative estimate of drug-likeness (QED) is 0.661. The van der Waals surface area contributed by atoms with E-state index >= 15 is 0 Å². The zero-order valence-corrected chi connectivity index (χ0v) is 9.02. The monoisotopic (exact) mass is 206 g/mol. The fourth-order valence-electron chi connectivity index (χ4n) is 1.46. The van der Waals surface area contributed by atoms with Gasteiger partial charge in [-0.15, -0.1) is 0 Å². The molecule has 0 aromatic heterocycles. The normalized spacial score (nSPS) is 21.1. The maximum absolute atomic E-state index is 10.8. The first-order valence-corrected chi connectivity index (χ1v) is 6.54. The summed E-state index contributed by atoms with van der Waals surface area (Å²) in [5.74, 6) is 0.754. The summed E-state index contributed by atoms with van der Waals surface area (Å²) < 4.78 is 24.3. The Labute approximate surface area is 80.1 Å².